The van der Waals surface area contributed by atoms with Crippen molar-refractivity contribution >= 4 is 48.3 Å². The number of carbonyl (C=O) groups is 2. The summed E-state index contributed by atoms with van der Waals surface area (Å²) in [5.74, 6) is -1.44. The first-order valence-corrected chi connectivity index (χ1v) is 13.9. The molecule has 0 saturated carbocycles. The summed E-state index contributed by atoms with van der Waals surface area (Å²) < 4.78 is 80.3. The van der Waals surface area contributed by atoms with Crippen molar-refractivity contribution in [2.75, 3.05) is 29.9 Å². The lowest BCUT2D eigenvalue weighted by Crippen LogP contribution is -2.40. The van der Waals surface area contributed by atoms with Gasteiger partial charge in [-0.1, -0.05) is 12.1 Å². The van der Waals surface area contributed by atoms with E-state index in [1.165, 1.54) is 41.7 Å². The molecular formula is C29H30Cl2F6N6O3. The molecular weight excluding hydrogens is 665 g/mol. The fourth-order valence-electron chi connectivity index (χ4n) is 5.54. The van der Waals surface area contributed by atoms with Crippen LogP contribution in [-0.2, 0) is 17.5 Å². The van der Waals surface area contributed by atoms with Gasteiger partial charge in [0.15, 0.2) is 0 Å². The quantitative estimate of drug-likeness (QED) is 0.271. The van der Waals surface area contributed by atoms with E-state index in [0.29, 0.717) is 54.9 Å². The molecule has 1 atom stereocenters. The first-order chi connectivity index (χ1) is 20.8. The third-order valence-corrected chi connectivity index (χ3v) is 7.91. The van der Waals surface area contributed by atoms with Gasteiger partial charge in [-0.3, -0.25) is 14.5 Å². The number of anilines is 2. The van der Waals surface area contributed by atoms with E-state index in [2.05, 4.69) is 20.3 Å². The normalized spacial score (nSPS) is 17.6. The molecule has 0 aliphatic carbocycles. The Labute approximate surface area is 272 Å². The number of carbonyl (C=O) groups excluding carboxylic acids is 1. The van der Waals surface area contributed by atoms with Crippen molar-refractivity contribution in [3.63, 3.8) is 0 Å². The molecule has 17 heteroatoms. The van der Waals surface area contributed by atoms with Crippen molar-refractivity contribution < 1.29 is 41.0 Å². The molecule has 2 saturated heterocycles. The van der Waals surface area contributed by atoms with Crippen molar-refractivity contribution in [3.05, 3.63) is 65.7 Å². The summed E-state index contributed by atoms with van der Waals surface area (Å²) in [6, 6.07) is 3.98. The molecule has 2 aliphatic heterocycles. The van der Waals surface area contributed by atoms with Gasteiger partial charge in [0.1, 0.15) is 23.4 Å². The molecule has 0 bridgehead atoms. The molecule has 2 aromatic heterocycles. The maximum absolute atomic E-state index is 13.7. The van der Waals surface area contributed by atoms with Gasteiger partial charge >= 0.3 is 18.3 Å². The molecule has 0 spiro atoms. The van der Waals surface area contributed by atoms with Crippen LogP contribution in [0.4, 0.5) is 38.0 Å². The minimum absolute atomic E-state index is 0. The molecule has 3 aromatic rings. The minimum atomic E-state index is -4.55. The van der Waals surface area contributed by atoms with E-state index in [1.54, 1.807) is 0 Å². The zero-order chi connectivity index (χ0) is 31.6. The van der Waals surface area contributed by atoms with Crippen molar-refractivity contribution in [1.29, 1.82) is 0 Å². The van der Waals surface area contributed by atoms with E-state index in [9.17, 15) is 41.0 Å². The van der Waals surface area contributed by atoms with E-state index in [-0.39, 0.29) is 55.8 Å². The first kappa shape index (κ1) is 36.8. The van der Waals surface area contributed by atoms with Crippen LogP contribution < -0.4 is 10.2 Å². The van der Waals surface area contributed by atoms with Crippen LogP contribution >= 0.6 is 24.8 Å². The number of aliphatic carboxylic acids is 1. The van der Waals surface area contributed by atoms with E-state index in [4.69, 9.17) is 0 Å². The first-order valence-electron chi connectivity index (χ1n) is 13.9. The van der Waals surface area contributed by atoms with Gasteiger partial charge in [0, 0.05) is 31.4 Å². The molecule has 5 rings (SSSR count). The highest BCUT2D eigenvalue weighted by Gasteiger charge is 2.45. The van der Waals surface area contributed by atoms with E-state index in [0.717, 1.165) is 12.1 Å². The number of nitrogens with zero attached hydrogens (tertiary/aromatic N) is 5. The fourth-order valence-corrected chi connectivity index (χ4v) is 5.54. The Morgan fingerprint density at radius 2 is 1.57 bits per heavy atom. The third kappa shape index (κ3) is 8.56. The molecule has 4 heterocycles. The summed E-state index contributed by atoms with van der Waals surface area (Å²) >= 11 is 0. The number of amides is 1. The summed E-state index contributed by atoms with van der Waals surface area (Å²) in [6.07, 6.45) is -3.87. The summed E-state index contributed by atoms with van der Waals surface area (Å²) in [6.45, 7) is 0.957. The second-order valence-corrected chi connectivity index (χ2v) is 10.8. The average Bonchev–Trinajstić information content (AvgIpc) is 3.46. The summed E-state index contributed by atoms with van der Waals surface area (Å²) in [4.78, 5) is 39.9. The standard InChI is InChI=1S/C29H28F6N6O3.2ClH/c30-28(31,32)20-5-3-17(4-6-20)21-13-37-24(12-19(21)16-41-9-1-2-23(41)29(33,34)35)39-26(42)22-14-38-25(15-36-22)40-10-7-18(8-11-40)27(43)44;;/h3-6,12-15,18,23H,1-2,7-11,16H2,(H,43,44)(H,37,39,42);2*1H/t23-;;/m0../s1. The smallest absolute Gasteiger partial charge is 0.416 e. The minimum Gasteiger partial charge on any atom is -0.481 e. The molecule has 2 aliphatic rings. The zero-order valence-electron chi connectivity index (χ0n) is 24.0. The number of nitrogens with one attached hydrogen (secondary N) is 1. The molecule has 9 nitrogen and oxygen atoms in total. The van der Waals surface area contributed by atoms with Crippen molar-refractivity contribution in [2.24, 2.45) is 5.92 Å². The lowest BCUT2D eigenvalue weighted by atomic mass is 9.97. The average molecular weight is 695 g/mol. The number of halogens is 8. The number of piperidine rings is 1. The van der Waals surface area contributed by atoms with Gasteiger partial charge in [-0.05, 0) is 61.6 Å². The Morgan fingerprint density at radius 3 is 2.13 bits per heavy atom. The Kier molecular flexibility index (Phi) is 11.8. The van der Waals surface area contributed by atoms with Gasteiger partial charge in [-0.15, -0.1) is 24.8 Å². The maximum atomic E-state index is 13.7. The van der Waals surface area contributed by atoms with Gasteiger partial charge < -0.3 is 15.3 Å². The molecule has 2 N–H and O–H groups in total. The maximum Gasteiger partial charge on any atom is 0.416 e. The number of pyridine rings is 1. The number of alkyl halides is 6. The molecule has 0 radical (unpaired) electrons. The van der Waals surface area contributed by atoms with Gasteiger partial charge in [-0.2, -0.15) is 26.3 Å². The van der Waals surface area contributed by atoms with Crippen LogP contribution in [0.15, 0.2) is 48.9 Å². The van der Waals surface area contributed by atoms with Crippen LogP contribution in [0.5, 0.6) is 0 Å². The summed E-state index contributed by atoms with van der Waals surface area (Å²) in [7, 11) is 0. The predicted octanol–water partition coefficient (Wildman–Crippen LogP) is 6.48. The number of carboxylic acids is 1. The van der Waals surface area contributed by atoms with Crippen molar-refractivity contribution in [1.82, 2.24) is 19.9 Å². The van der Waals surface area contributed by atoms with Crippen LogP contribution in [0.2, 0.25) is 0 Å². The zero-order valence-corrected chi connectivity index (χ0v) is 25.6. The highest BCUT2D eigenvalue weighted by atomic mass is 35.5. The number of carboxylic acid groups (broad SMARTS) is 1. The van der Waals surface area contributed by atoms with Crippen LogP contribution in [0, 0.1) is 5.92 Å². The molecule has 46 heavy (non-hydrogen) atoms. The lowest BCUT2D eigenvalue weighted by Gasteiger charge is -2.30. The predicted molar refractivity (Wildman–Crippen MR) is 161 cm³/mol. The van der Waals surface area contributed by atoms with E-state index < -0.39 is 41.8 Å². The second-order valence-electron chi connectivity index (χ2n) is 10.8. The number of likely N-dealkylation sites (tertiary alicyclic amines) is 1. The molecule has 250 valence electrons. The van der Waals surface area contributed by atoms with E-state index in [1.807, 2.05) is 4.90 Å². The largest absolute Gasteiger partial charge is 0.481 e. The monoisotopic (exact) mass is 694 g/mol. The highest BCUT2D eigenvalue weighted by molar-refractivity contribution is 6.02. The fraction of sp³-hybridized carbons (Fsp3) is 0.414. The molecule has 2 fully saturated rings. The Bertz CT molecular complexity index is 1500. The number of benzene rings is 1. The van der Waals surface area contributed by atoms with Crippen molar-refractivity contribution in [2.45, 2.75) is 50.6 Å². The van der Waals surface area contributed by atoms with Crippen LogP contribution in [-0.4, -0.2) is 68.7 Å². The van der Waals surface area contributed by atoms with Gasteiger partial charge in [0.2, 0.25) is 0 Å². The van der Waals surface area contributed by atoms with E-state index >= 15 is 0 Å². The van der Waals surface area contributed by atoms with Gasteiger partial charge in [-0.25, -0.2) is 15.0 Å². The van der Waals surface area contributed by atoms with Gasteiger partial charge in [0.05, 0.1) is 23.9 Å². The summed E-state index contributed by atoms with van der Waals surface area (Å²) in [5, 5.41) is 11.7. The third-order valence-electron chi connectivity index (χ3n) is 7.91. The number of hydrogen-bond donors (Lipinski definition) is 2. The van der Waals surface area contributed by atoms with Crippen molar-refractivity contribution in [3.8, 4) is 11.1 Å². The molecule has 0 unspecified atom stereocenters. The SMILES string of the molecule is Cl.Cl.O=C(Nc1cc(CN2CCC[C@H]2C(F)(F)F)c(-c2ccc(C(F)(F)F)cc2)cn1)c1cnc(N2CCC(C(=O)O)CC2)cn1. The number of aromatic nitrogens is 3. The topological polar surface area (TPSA) is 112 Å². The van der Waals surface area contributed by atoms with Crippen LogP contribution in [0.1, 0.15) is 47.3 Å². The second kappa shape index (κ2) is 14.8. The Morgan fingerprint density at radius 1 is 0.891 bits per heavy atom. The molecule has 1 aromatic carbocycles. The van der Waals surface area contributed by atoms with Crippen LogP contribution in [0.25, 0.3) is 11.1 Å². The molecule has 1 amide bonds. The Balaban J connectivity index is 0.00000288. The van der Waals surface area contributed by atoms with Gasteiger partial charge in [0.25, 0.3) is 5.91 Å². The summed E-state index contributed by atoms with van der Waals surface area (Å²) in [5.41, 5.74) is 0.0851. The highest BCUT2D eigenvalue weighted by Crippen LogP contribution is 2.36. The number of rotatable bonds is 7. The Hall–Kier alpha value is -3.69. The lowest BCUT2D eigenvalue weighted by molar-refractivity contribution is -0.177. The van der Waals surface area contributed by atoms with Crippen LogP contribution in [0.3, 0.4) is 0 Å². The number of hydrogen-bond acceptors (Lipinski definition) is 7.